The molecule has 0 unspecified atom stereocenters. The van der Waals surface area contributed by atoms with Gasteiger partial charge >= 0.3 is 5.97 Å². The number of esters is 1. The number of nitrogens with one attached hydrogen (secondary N) is 1. The van der Waals surface area contributed by atoms with Crippen LogP contribution in [0.15, 0.2) is 76.9 Å². The van der Waals surface area contributed by atoms with Crippen LogP contribution in [-0.4, -0.2) is 25.1 Å². The molecule has 0 aliphatic carbocycles. The third-order valence-corrected chi connectivity index (χ3v) is 4.92. The molecule has 1 N–H and O–H groups in total. The van der Waals surface area contributed by atoms with Crippen molar-refractivity contribution in [3.63, 3.8) is 0 Å². The van der Waals surface area contributed by atoms with Crippen LogP contribution >= 0.6 is 0 Å². The number of benzene rings is 2. The third-order valence-electron chi connectivity index (χ3n) is 4.92. The molecule has 1 aromatic heterocycles. The van der Waals surface area contributed by atoms with Gasteiger partial charge in [-0.1, -0.05) is 25.1 Å². The first-order valence-electron chi connectivity index (χ1n) is 11.8. The zero-order valence-electron chi connectivity index (χ0n) is 20.7. The van der Waals surface area contributed by atoms with Crippen molar-refractivity contribution in [2.24, 2.45) is 0 Å². The van der Waals surface area contributed by atoms with E-state index in [0.717, 1.165) is 17.7 Å². The van der Waals surface area contributed by atoms with Crippen molar-refractivity contribution in [1.29, 1.82) is 5.26 Å². The van der Waals surface area contributed by atoms with Crippen LogP contribution in [0.1, 0.15) is 37.2 Å². The summed E-state index contributed by atoms with van der Waals surface area (Å²) in [6.07, 6.45) is 6.82. The number of hydrogen-bond donors (Lipinski definition) is 1. The maximum atomic E-state index is 12.4. The Kier molecular flexibility index (Phi) is 10.1. The van der Waals surface area contributed by atoms with Crippen molar-refractivity contribution in [1.82, 2.24) is 5.32 Å². The molecule has 0 aliphatic rings. The molecule has 8 heteroatoms. The molecule has 3 aromatic rings. The Balaban J connectivity index is 1.67. The largest absolute Gasteiger partial charge is 0.494 e. The molecule has 0 atom stereocenters. The van der Waals surface area contributed by atoms with Crippen LogP contribution in [-0.2, 0) is 16.1 Å². The highest BCUT2D eigenvalue weighted by molar-refractivity contribution is 6.01. The Hall–Kier alpha value is -4.77. The molecule has 2 aromatic carbocycles. The predicted molar refractivity (Wildman–Crippen MR) is 139 cm³/mol. The summed E-state index contributed by atoms with van der Waals surface area (Å²) in [4.78, 5) is 24.8. The lowest BCUT2D eigenvalue weighted by Gasteiger charge is -2.11. The number of nitriles is 1. The zero-order valence-corrected chi connectivity index (χ0v) is 20.7. The van der Waals surface area contributed by atoms with E-state index in [2.05, 4.69) is 5.32 Å². The molecule has 3 rings (SSSR count). The summed E-state index contributed by atoms with van der Waals surface area (Å²) in [6, 6.07) is 17.5. The van der Waals surface area contributed by atoms with Crippen molar-refractivity contribution in [2.45, 2.75) is 26.8 Å². The lowest BCUT2D eigenvalue weighted by Crippen LogP contribution is -2.23. The van der Waals surface area contributed by atoms with E-state index < -0.39 is 11.9 Å². The van der Waals surface area contributed by atoms with E-state index in [9.17, 15) is 14.9 Å². The molecule has 0 radical (unpaired) electrons. The van der Waals surface area contributed by atoms with Gasteiger partial charge in [-0.2, -0.15) is 5.26 Å². The first kappa shape index (κ1) is 26.8. The van der Waals surface area contributed by atoms with Gasteiger partial charge in [-0.05, 0) is 73.0 Å². The minimum absolute atomic E-state index is 0.0900. The quantitative estimate of drug-likeness (QED) is 0.155. The van der Waals surface area contributed by atoms with Gasteiger partial charge in [0, 0.05) is 6.08 Å². The molecule has 1 heterocycles. The minimum Gasteiger partial charge on any atom is -0.494 e. The number of carbonyl (C=O) groups is 2. The second-order valence-corrected chi connectivity index (χ2v) is 7.74. The van der Waals surface area contributed by atoms with Crippen LogP contribution < -0.4 is 19.5 Å². The summed E-state index contributed by atoms with van der Waals surface area (Å²) in [7, 11) is 0. The highest BCUT2D eigenvalue weighted by Crippen LogP contribution is 2.30. The maximum absolute atomic E-state index is 12.4. The van der Waals surface area contributed by atoms with E-state index in [1.807, 2.05) is 37.3 Å². The number of nitrogens with zero attached hydrogens (tertiary/aromatic N) is 1. The van der Waals surface area contributed by atoms with Crippen LogP contribution in [0.2, 0.25) is 0 Å². The molecule has 0 bridgehead atoms. The van der Waals surface area contributed by atoms with Crippen LogP contribution in [0, 0.1) is 11.3 Å². The van der Waals surface area contributed by atoms with Gasteiger partial charge in [-0.25, -0.2) is 4.79 Å². The van der Waals surface area contributed by atoms with Crippen molar-refractivity contribution in [3.8, 4) is 23.3 Å². The van der Waals surface area contributed by atoms with Gasteiger partial charge in [0.25, 0.3) is 5.91 Å². The fourth-order valence-electron chi connectivity index (χ4n) is 3.16. The van der Waals surface area contributed by atoms with Crippen LogP contribution in [0.3, 0.4) is 0 Å². The van der Waals surface area contributed by atoms with Crippen molar-refractivity contribution >= 4 is 24.0 Å². The van der Waals surface area contributed by atoms with E-state index in [0.29, 0.717) is 30.3 Å². The van der Waals surface area contributed by atoms with E-state index >= 15 is 0 Å². The normalized spacial score (nSPS) is 11.1. The number of carbonyl (C=O) groups excluding carboxylic acids is 2. The van der Waals surface area contributed by atoms with Crippen LogP contribution in [0.5, 0.6) is 17.2 Å². The van der Waals surface area contributed by atoms with Crippen LogP contribution in [0.4, 0.5) is 0 Å². The minimum atomic E-state index is -0.578. The van der Waals surface area contributed by atoms with Gasteiger partial charge in [-0.15, -0.1) is 0 Å². The Morgan fingerprint density at radius 3 is 2.49 bits per heavy atom. The smallest absolute Gasteiger partial charge is 0.336 e. The van der Waals surface area contributed by atoms with Gasteiger partial charge < -0.3 is 23.9 Å². The zero-order chi connectivity index (χ0) is 26.5. The topological polar surface area (TPSA) is 111 Å². The third kappa shape index (κ3) is 8.44. The summed E-state index contributed by atoms with van der Waals surface area (Å²) < 4.78 is 21.8. The standard InChI is InChI=1S/C29H28N2O6/c1-3-15-35-24-11-7-21(8-12-24)10-14-28(32)37-26-13-9-22(18-27(26)34-4-2)17-23(19-30)29(33)31-20-25-6-5-16-36-25/h5-14,16-18H,3-4,15,20H2,1-2H3,(H,31,33)/b14-10+,23-17+. The van der Waals surface area contributed by atoms with Gasteiger partial charge in [0.2, 0.25) is 0 Å². The van der Waals surface area contributed by atoms with Gasteiger partial charge in [0.1, 0.15) is 23.2 Å². The Morgan fingerprint density at radius 1 is 1.03 bits per heavy atom. The molecule has 0 saturated heterocycles. The maximum Gasteiger partial charge on any atom is 0.336 e. The summed E-state index contributed by atoms with van der Waals surface area (Å²) >= 11 is 0. The molecular weight excluding hydrogens is 472 g/mol. The van der Waals surface area contributed by atoms with E-state index in [4.69, 9.17) is 18.6 Å². The summed E-state index contributed by atoms with van der Waals surface area (Å²) in [5.74, 6) is 0.753. The fraction of sp³-hybridized carbons (Fsp3) is 0.207. The first-order chi connectivity index (χ1) is 18.0. The van der Waals surface area contributed by atoms with E-state index in [1.165, 1.54) is 18.4 Å². The van der Waals surface area contributed by atoms with Gasteiger partial charge in [0.15, 0.2) is 11.5 Å². The predicted octanol–water partition coefficient (Wildman–Crippen LogP) is 5.31. The Bertz CT molecular complexity index is 1280. The second kappa shape index (κ2) is 14.0. The highest BCUT2D eigenvalue weighted by atomic mass is 16.6. The molecule has 190 valence electrons. The Labute approximate surface area is 215 Å². The van der Waals surface area contributed by atoms with Crippen molar-refractivity contribution in [2.75, 3.05) is 13.2 Å². The Morgan fingerprint density at radius 2 is 1.81 bits per heavy atom. The average molecular weight is 501 g/mol. The van der Waals surface area contributed by atoms with E-state index in [-0.39, 0.29) is 17.9 Å². The van der Waals surface area contributed by atoms with E-state index in [1.54, 1.807) is 43.3 Å². The fourth-order valence-corrected chi connectivity index (χ4v) is 3.16. The van der Waals surface area contributed by atoms with Crippen molar-refractivity contribution < 1.29 is 28.2 Å². The molecular formula is C29H28N2O6. The number of rotatable bonds is 12. The molecule has 1 amide bonds. The van der Waals surface area contributed by atoms with Crippen molar-refractivity contribution in [3.05, 3.63) is 89.4 Å². The molecule has 0 aliphatic heterocycles. The molecule has 37 heavy (non-hydrogen) atoms. The second-order valence-electron chi connectivity index (χ2n) is 7.74. The van der Waals surface area contributed by atoms with Crippen LogP contribution in [0.25, 0.3) is 12.2 Å². The molecule has 0 saturated carbocycles. The molecule has 0 fully saturated rings. The first-order valence-corrected chi connectivity index (χ1v) is 11.8. The number of amides is 1. The number of furan rings is 1. The SMILES string of the molecule is CCCOc1ccc(/C=C/C(=O)Oc2ccc(/C=C(\C#N)C(=O)NCc3ccco3)cc2OCC)cc1. The molecule has 0 spiro atoms. The summed E-state index contributed by atoms with van der Waals surface area (Å²) in [5, 5.41) is 12.1. The van der Waals surface area contributed by atoms with Gasteiger partial charge in [0.05, 0.1) is 26.0 Å². The molecule has 8 nitrogen and oxygen atoms in total. The number of ether oxygens (including phenoxy) is 3. The average Bonchev–Trinajstić information content (AvgIpc) is 3.44. The monoisotopic (exact) mass is 500 g/mol. The lowest BCUT2D eigenvalue weighted by atomic mass is 10.1. The number of hydrogen-bond acceptors (Lipinski definition) is 7. The van der Waals surface area contributed by atoms with Gasteiger partial charge in [-0.3, -0.25) is 4.79 Å². The lowest BCUT2D eigenvalue weighted by molar-refractivity contribution is -0.129. The summed E-state index contributed by atoms with van der Waals surface area (Å²) in [6.45, 7) is 4.97. The highest BCUT2D eigenvalue weighted by Gasteiger charge is 2.13. The summed E-state index contributed by atoms with van der Waals surface area (Å²) in [5.41, 5.74) is 1.27.